The maximum Gasteiger partial charge on any atom is 0.157 e. The van der Waals surface area contributed by atoms with Crippen molar-refractivity contribution < 1.29 is 13.2 Å². The van der Waals surface area contributed by atoms with Crippen LogP contribution in [0.3, 0.4) is 0 Å². The third-order valence-corrected chi connectivity index (χ3v) is 5.67. The second-order valence-electron chi connectivity index (χ2n) is 3.67. The van der Waals surface area contributed by atoms with Gasteiger partial charge in [-0.25, -0.2) is 8.42 Å². The molecule has 5 heteroatoms. The topological polar surface area (TPSA) is 69.4 Å². The lowest BCUT2D eigenvalue weighted by molar-refractivity contribution is 0.0982. The van der Waals surface area contributed by atoms with Gasteiger partial charge in [0.2, 0.25) is 0 Å². The number of nitrogens with two attached hydrogens (primary N) is 1. The van der Waals surface area contributed by atoms with Gasteiger partial charge >= 0.3 is 0 Å². The summed E-state index contributed by atoms with van der Waals surface area (Å²) in [6.45, 7) is 3.22. The normalized spacial score (nSPS) is 22.1. The van der Waals surface area contributed by atoms with Crippen molar-refractivity contribution in [3.05, 3.63) is 0 Å². The third kappa shape index (κ3) is 2.46. The Bertz CT molecular complexity index is 253. The highest BCUT2D eigenvalue weighted by molar-refractivity contribution is 7.92. The molecular formula is C9H19NO3S. The summed E-state index contributed by atoms with van der Waals surface area (Å²) in [5.41, 5.74) is 5.47. The molecule has 1 fully saturated rings. The van der Waals surface area contributed by atoms with Gasteiger partial charge in [-0.2, -0.15) is 0 Å². The smallest absolute Gasteiger partial charge is 0.157 e. The van der Waals surface area contributed by atoms with E-state index in [1.807, 2.05) is 6.92 Å². The fraction of sp³-hybridized carbons (Fsp3) is 1.00. The van der Waals surface area contributed by atoms with Crippen molar-refractivity contribution in [1.29, 1.82) is 0 Å². The molecule has 2 N–H and O–H groups in total. The molecule has 1 aliphatic rings. The van der Waals surface area contributed by atoms with Crippen molar-refractivity contribution in [2.24, 2.45) is 5.73 Å². The Labute approximate surface area is 85.7 Å². The molecule has 14 heavy (non-hydrogen) atoms. The molecule has 84 valence electrons. The van der Waals surface area contributed by atoms with Gasteiger partial charge in [-0.15, -0.1) is 0 Å². The summed E-state index contributed by atoms with van der Waals surface area (Å²) in [5.74, 6) is 0. The van der Waals surface area contributed by atoms with E-state index in [1.165, 1.54) is 0 Å². The van der Waals surface area contributed by atoms with Gasteiger partial charge in [0.15, 0.2) is 9.84 Å². The van der Waals surface area contributed by atoms with E-state index < -0.39 is 9.84 Å². The Balaban J connectivity index is 2.71. The van der Waals surface area contributed by atoms with E-state index in [2.05, 4.69) is 0 Å². The summed E-state index contributed by atoms with van der Waals surface area (Å²) < 4.78 is 29.2. The van der Waals surface area contributed by atoms with E-state index in [1.54, 1.807) is 0 Å². The van der Waals surface area contributed by atoms with Crippen molar-refractivity contribution in [2.45, 2.75) is 36.7 Å². The zero-order valence-corrected chi connectivity index (χ0v) is 9.42. The van der Waals surface area contributed by atoms with Crippen LogP contribution in [0.5, 0.6) is 0 Å². The largest absolute Gasteiger partial charge is 0.381 e. The fourth-order valence-corrected chi connectivity index (χ4v) is 3.94. The number of hydrogen-bond acceptors (Lipinski definition) is 4. The lowest BCUT2D eigenvalue weighted by Crippen LogP contribution is -2.39. The molecule has 1 heterocycles. The van der Waals surface area contributed by atoms with Crippen LogP contribution in [0.4, 0.5) is 0 Å². The van der Waals surface area contributed by atoms with Crippen LogP contribution in [0, 0.1) is 0 Å². The lowest BCUT2D eigenvalue weighted by atomic mass is 10.2. The van der Waals surface area contributed by atoms with Crippen molar-refractivity contribution in [1.82, 2.24) is 0 Å². The molecule has 0 aliphatic carbocycles. The minimum atomic E-state index is -3.03. The minimum Gasteiger partial charge on any atom is -0.381 e. The minimum absolute atomic E-state index is 0.232. The van der Waals surface area contributed by atoms with Gasteiger partial charge in [0.1, 0.15) is 0 Å². The van der Waals surface area contributed by atoms with Gasteiger partial charge in [0.25, 0.3) is 0 Å². The van der Waals surface area contributed by atoms with Gasteiger partial charge in [-0.3, -0.25) is 0 Å². The van der Waals surface area contributed by atoms with Gasteiger partial charge < -0.3 is 10.5 Å². The molecule has 0 spiro atoms. The number of sulfone groups is 1. The molecule has 0 amide bonds. The standard InChI is InChI=1S/C9H19NO3S/c1-2-8(7-10)14(11,12)9-3-5-13-6-4-9/h8-9H,2-7,10H2,1H3. The highest BCUT2D eigenvalue weighted by Gasteiger charge is 2.33. The van der Waals surface area contributed by atoms with E-state index in [-0.39, 0.29) is 17.0 Å². The van der Waals surface area contributed by atoms with Crippen molar-refractivity contribution in [2.75, 3.05) is 19.8 Å². The Morgan fingerprint density at radius 2 is 2.00 bits per heavy atom. The summed E-state index contributed by atoms with van der Waals surface area (Å²) in [5, 5.41) is -0.602. The van der Waals surface area contributed by atoms with Crippen LogP contribution in [0.15, 0.2) is 0 Å². The molecule has 0 bridgehead atoms. The molecule has 0 aromatic rings. The molecular weight excluding hydrogens is 202 g/mol. The van der Waals surface area contributed by atoms with Crippen LogP contribution in [0.2, 0.25) is 0 Å². The first kappa shape index (κ1) is 11.9. The van der Waals surface area contributed by atoms with Crippen molar-refractivity contribution in [3.8, 4) is 0 Å². The second kappa shape index (κ2) is 5.09. The van der Waals surface area contributed by atoms with Crippen LogP contribution in [-0.2, 0) is 14.6 Å². The molecule has 0 aromatic carbocycles. The molecule has 1 aliphatic heterocycles. The zero-order valence-electron chi connectivity index (χ0n) is 8.61. The maximum absolute atomic E-state index is 12.0. The Morgan fingerprint density at radius 1 is 1.43 bits per heavy atom. The second-order valence-corrected chi connectivity index (χ2v) is 6.18. The molecule has 4 nitrogen and oxygen atoms in total. The van der Waals surface area contributed by atoms with Crippen molar-refractivity contribution in [3.63, 3.8) is 0 Å². The summed E-state index contributed by atoms with van der Waals surface area (Å²) in [4.78, 5) is 0. The summed E-state index contributed by atoms with van der Waals surface area (Å²) in [6.07, 6.45) is 1.86. The van der Waals surface area contributed by atoms with Gasteiger partial charge in [0.05, 0.1) is 10.5 Å². The first-order chi connectivity index (χ1) is 6.62. The van der Waals surface area contributed by atoms with E-state index in [0.29, 0.717) is 32.5 Å². The molecule has 1 atom stereocenters. The summed E-state index contributed by atoms with van der Waals surface area (Å²) in [7, 11) is -3.03. The van der Waals surface area contributed by atoms with E-state index >= 15 is 0 Å². The first-order valence-electron chi connectivity index (χ1n) is 5.13. The number of hydrogen-bond donors (Lipinski definition) is 1. The molecule has 0 radical (unpaired) electrons. The lowest BCUT2D eigenvalue weighted by Gasteiger charge is -2.25. The highest BCUT2D eigenvalue weighted by Crippen LogP contribution is 2.21. The Hall–Kier alpha value is -0.130. The molecule has 1 saturated heterocycles. The SMILES string of the molecule is CCC(CN)S(=O)(=O)C1CCOCC1. The first-order valence-corrected chi connectivity index (χ1v) is 6.74. The fourth-order valence-electron chi connectivity index (χ4n) is 1.81. The molecule has 1 rings (SSSR count). The van der Waals surface area contributed by atoms with Crippen LogP contribution in [0.1, 0.15) is 26.2 Å². The third-order valence-electron chi connectivity index (χ3n) is 2.82. The van der Waals surface area contributed by atoms with Gasteiger partial charge in [-0.05, 0) is 19.3 Å². The highest BCUT2D eigenvalue weighted by atomic mass is 32.2. The monoisotopic (exact) mass is 221 g/mol. The number of rotatable bonds is 4. The summed E-state index contributed by atoms with van der Waals surface area (Å²) in [6, 6.07) is 0. The maximum atomic E-state index is 12.0. The van der Waals surface area contributed by atoms with E-state index in [9.17, 15) is 8.42 Å². The van der Waals surface area contributed by atoms with Gasteiger partial charge in [-0.1, -0.05) is 6.92 Å². The van der Waals surface area contributed by atoms with E-state index in [4.69, 9.17) is 10.5 Å². The molecule has 1 unspecified atom stereocenters. The van der Waals surface area contributed by atoms with Gasteiger partial charge in [0, 0.05) is 19.8 Å². The Morgan fingerprint density at radius 3 is 2.43 bits per heavy atom. The number of ether oxygens (including phenoxy) is 1. The Kier molecular flexibility index (Phi) is 4.34. The van der Waals surface area contributed by atoms with Crippen LogP contribution < -0.4 is 5.73 Å². The average molecular weight is 221 g/mol. The van der Waals surface area contributed by atoms with Crippen LogP contribution in [-0.4, -0.2) is 38.7 Å². The van der Waals surface area contributed by atoms with Crippen molar-refractivity contribution >= 4 is 9.84 Å². The summed E-state index contributed by atoms with van der Waals surface area (Å²) >= 11 is 0. The molecule has 0 aromatic heterocycles. The molecule has 0 saturated carbocycles. The average Bonchev–Trinajstić information content (AvgIpc) is 2.20. The predicted molar refractivity (Wildman–Crippen MR) is 55.9 cm³/mol. The quantitative estimate of drug-likeness (QED) is 0.742. The zero-order chi connectivity index (χ0) is 10.6. The van der Waals surface area contributed by atoms with Crippen LogP contribution >= 0.6 is 0 Å². The van der Waals surface area contributed by atoms with E-state index in [0.717, 1.165) is 0 Å². The predicted octanol–water partition coefficient (Wildman–Crippen LogP) is 0.317. The van der Waals surface area contributed by atoms with Crippen LogP contribution in [0.25, 0.3) is 0 Å².